The molecule has 7 aromatic rings. The molecule has 1 aromatic heterocycles. The first-order valence-electron chi connectivity index (χ1n) is 19.6. The highest BCUT2D eigenvalue weighted by Crippen LogP contribution is 2.41. The molecule has 2 heterocycles. The number of hydrogen-bond acceptors (Lipinski definition) is 7. The Kier molecular flexibility index (Phi) is 12.6. The monoisotopic (exact) mass is 793 g/mol. The maximum Gasteiger partial charge on any atom is 0.268 e. The first kappa shape index (κ1) is 39.4. The van der Waals surface area contributed by atoms with Gasteiger partial charge in [0, 0.05) is 5.39 Å². The Morgan fingerprint density at radius 3 is 1.55 bits per heavy atom. The predicted molar refractivity (Wildman–Crippen MR) is 224 cm³/mol. The quantitative estimate of drug-likeness (QED) is 0.0964. The number of aryl methyl sites for hydroxylation is 1. The summed E-state index contributed by atoms with van der Waals surface area (Å²) in [6.45, 7) is 3.20. The summed E-state index contributed by atoms with van der Waals surface area (Å²) in [5.41, 5.74) is 5.84. The topological polar surface area (TPSA) is 85.2 Å². The van der Waals surface area contributed by atoms with Crippen LogP contribution in [0.4, 0.5) is 0 Å². The Morgan fingerprint density at radius 1 is 0.534 bits per heavy atom. The van der Waals surface area contributed by atoms with E-state index in [0.717, 1.165) is 33.2 Å². The average molecular weight is 794 g/mol. The van der Waals surface area contributed by atoms with E-state index in [-0.39, 0.29) is 31.3 Å². The lowest BCUT2D eigenvalue weighted by Crippen LogP contribution is -2.58. The van der Waals surface area contributed by atoms with Crippen LogP contribution < -0.4 is 0 Å². The van der Waals surface area contributed by atoms with Crippen molar-refractivity contribution in [1.82, 2.24) is 3.97 Å². The van der Waals surface area contributed by atoms with E-state index in [1.54, 1.807) is 12.1 Å². The van der Waals surface area contributed by atoms with Crippen molar-refractivity contribution in [2.45, 2.75) is 68.8 Å². The largest absolute Gasteiger partial charge is 0.374 e. The number of rotatable bonds is 16. The number of para-hydroxylation sites is 1. The minimum absolute atomic E-state index is 0.145. The fourth-order valence-corrected chi connectivity index (χ4v) is 9.01. The van der Waals surface area contributed by atoms with Crippen LogP contribution in [-0.4, -0.2) is 43.4 Å². The molecule has 58 heavy (non-hydrogen) atoms. The van der Waals surface area contributed by atoms with Gasteiger partial charge in [-0.05, 0) is 53.4 Å². The molecule has 5 atom stereocenters. The van der Waals surface area contributed by atoms with Crippen molar-refractivity contribution in [3.8, 4) is 0 Å². The van der Waals surface area contributed by atoms with E-state index >= 15 is 0 Å². The van der Waals surface area contributed by atoms with Crippen molar-refractivity contribution in [3.63, 3.8) is 0 Å². The molecule has 1 aliphatic heterocycles. The van der Waals surface area contributed by atoms with Crippen molar-refractivity contribution in [2.24, 2.45) is 0 Å². The Morgan fingerprint density at radius 2 is 1.00 bits per heavy atom. The number of aromatic nitrogens is 1. The molecule has 0 bridgehead atoms. The first-order valence-corrected chi connectivity index (χ1v) is 21.0. The van der Waals surface area contributed by atoms with Gasteiger partial charge in [-0.15, -0.1) is 0 Å². The molecular weight excluding hydrogens is 747 g/mol. The highest BCUT2D eigenvalue weighted by Gasteiger charge is 2.50. The second kappa shape index (κ2) is 18.5. The molecule has 0 spiro atoms. The molecule has 0 radical (unpaired) electrons. The highest BCUT2D eigenvalue weighted by atomic mass is 32.2. The van der Waals surface area contributed by atoms with Crippen LogP contribution in [0.1, 0.15) is 39.6 Å². The molecule has 0 unspecified atom stereocenters. The van der Waals surface area contributed by atoms with Gasteiger partial charge in [0.25, 0.3) is 10.0 Å². The third-order valence-electron chi connectivity index (χ3n) is 10.4. The second-order valence-electron chi connectivity index (χ2n) is 14.6. The van der Waals surface area contributed by atoms with E-state index in [4.69, 9.17) is 23.7 Å². The average Bonchev–Trinajstić information content (AvgIpc) is 3.67. The molecular formula is C49H47NO7S. The zero-order valence-electron chi connectivity index (χ0n) is 32.4. The normalized spacial score (nSPS) is 19.6. The SMILES string of the molecule is Cc1ccc(S(=O)(=O)n2c([C@H]3O[C@H](COCc4ccccc4)[C@H](OCc4ccccc4)[C@H](OCc4ccccc4)[C@H]3OCc3ccccc3)cc3ccccc32)cc1. The fraction of sp³-hybridized carbons (Fsp3) is 0.224. The molecule has 0 amide bonds. The molecule has 1 aliphatic rings. The van der Waals surface area contributed by atoms with Crippen LogP contribution in [0.3, 0.4) is 0 Å². The van der Waals surface area contributed by atoms with Crippen molar-refractivity contribution < 1.29 is 32.1 Å². The summed E-state index contributed by atoms with van der Waals surface area (Å²) in [7, 11) is -4.13. The Hall–Kier alpha value is -5.39. The van der Waals surface area contributed by atoms with Gasteiger partial charge in [-0.2, -0.15) is 0 Å². The van der Waals surface area contributed by atoms with Crippen LogP contribution in [-0.2, 0) is 60.1 Å². The van der Waals surface area contributed by atoms with Crippen LogP contribution >= 0.6 is 0 Å². The van der Waals surface area contributed by atoms with E-state index in [0.29, 0.717) is 17.8 Å². The zero-order valence-corrected chi connectivity index (χ0v) is 33.2. The van der Waals surface area contributed by atoms with E-state index in [1.807, 2.05) is 171 Å². The highest BCUT2D eigenvalue weighted by molar-refractivity contribution is 7.90. The molecule has 8 nitrogen and oxygen atoms in total. The van der Waals surface area contributed by atoms with Gasteiger partial charge in [0.2, 0.25) is 0 Å². The van der Waals surface area contributed by atoms with Gasteiger partial charge >= 0.3 is 0 Å². The molecule has 1 fully saturated rings. The molecule has 1 saturated heterocycles. The summed E-state index contributed by atoms with van der Waals surface area (Å²) < 4.78 is 65.5. The Bertz CT molecular complexity index is 2460. The minimum Gasteiger partial charge on any atom is -0.374 e. The molecule has 6 aromatic carbocycles. The van der Waals surface area contributed by atoms with Crippen molar-refractivity contribution >= 4 is 20.9 Å². The smallest absolute Gasteiger partial charge is 0.268 e. The number of fused-ring (bicyclic) bond motifs is 1. The predicted octanol–water partition coefficient (Wildman–Crippen LogP) is 9.60. The maximum atomic E-state index is 14.9. The molecule has 0 saturated carbocycles. The summed E-state index contributed by atoms with van der Waals surface area (Å²) >= 11 is 0. The van der Waals surface area contributed by atoms with Crippen LogP contribution in [0.25, 0.3) is 10.9 Å². The van der Waals surface area contributed by atoms with Gasteiger partial charge in [-0.1, -0.05) is 157 Å². The third-order valence-corrected chi connectivity index (χ3v) is 12.2. The summed E-state index contributed by atoms with van der Waals surface area (Å²) in [4.78, 5) is 0.168. The number of ether oxygens (including phenoxy) is 5. The zero-order chi connectivity index (χ0) is 39.7. The van der Waals surface area contributed by atoms with Gasteiger partial charge in [-0.3, -0.25) is 0 Å². The molecule has 9 heteroatoms. The summed E-state index contributed by atoms with van der Waals surface area (Å²) in [6, 6.07) is 56.1. The summed E-state index contributed by atoms with van der Waals surface area (Å²) in [5.74, 6) is 0. The molecule has 0 aliphatic carbocycles. The fourth-order valence-electron chi connectivity index (χ4n) is 7.46. The van der Waals surface area contributed by atoms with E-state index < -0.39 is 40.5 Å². The van der Waals surface area contributed by atoms with Crippen LogP contribution in [0.15, 0.2) is 181 Å². The van der Waals surface area contributed by atoms with E-state index in [1.165, 1.54) is 3.97 Å². The first-order chi connectivity index (χ1) is 28.4. The number of hydrogen-bond donors (Lipinski definition) is 0. The van der Waals surface area contributed by atoms with Crippen molar-refractivity contribution in [2.75, 3.05) is 6.61 Å². The van der Waals surface area contributed by atoms with Crippen LogP contribution in [0.5, 0.6) is 0 Å². The standard InChI is InChI=1S/C49H47NO7S/c1-36-26-28-42(29-27-36)58(51,52)50-43-25-15-14-24-41(43)30-44(50)46-48(55-33-39-20-10-4-11-21-39)49(56-34-40-22-12-5-13-23-40)47(54-32-38-18-8-3-9-19-38)45(57-46)35-53-31-37-16-6-2-7-17-37/h2-30,45-49H,31-35H2,1H3/t45-,46-,47+,48+,49+/m1/s1. The van der Waals surface area contributed by atoms with Crippen molar-refractivity contribution in [3.05, 3.63) is 209 Å². The maximum absolute atomic E-state index is 14.9. The van der Waals surface area contributed by atoms with E-state index in [9.17, 15) is 8.42 Å². The lowest BCUT2D eigenvalue weighted by Gasteiger charge is -2.46. The second-order valence-corrected chi connectivity index (χ2v) is 16.4. The van der Waals surface area contributed by atoms with Crippen LogP contribution in [0, 0.1) is 6.92 Å². The van der Waals surface area contributed by atoms with Gasteiger partial charge < -0.3 is 23.7 Å². The van der Waals surface area contributed by atoms with Crippen LogP contribution in [0.2, 0.25) is 0 Å². The number of nitrogens with zero attached hydrogens (tertiary/aromatic N) is 1. The van der Waals surface area contributed by atoms with Gasteiger partial charge in [0.1, 0.15) is 30.5 Å². The lowest BCUT2D eigenvalue weighted by molar-refractivity contribution is -0.275. The summed E-state index contributed by atoms with van der Waals surface area (Å²) in [6.07, 6.45) is -3.86. The number of benzene rings is 6. The van der Waals surface area contributed by atoms with Gasteiger partial charge in [0.05, 0.1) is 49.1 Å². The molecule has 8 rings (SSSR count). The van der Waals surface area contributed by atoms with Gasteiger partial charge in [0.15, 0.2) is 0 Å². The molecule has 296 valence electrons. The summed E-state index contributed by atoms with van der Waals surface area (Å²) in [5, 5.41) is 0.750. The van der Waals surface area contributed by atoms with Gasteiger partial charge in [-0.25, -0.2) is 12.4 Å². The molecule has 0 N–H and O–H groups in total. The lowest BCUT2D eigenvalue weighted by atomic mass is 9.92. The van der Waals surface area contributed by atoms with E-state index in [2.05, 4.69) is 0 Å². The Balaban J connectivity index is 1.26. The third kappa shape index (κ3) is 9.16. The minimum atomic E-state index is -4.13. The van der Waals surface area contributed by atoms with Crippen molar-refractivity contribution in [1.29, 1.82) is 0 Å². The Labute approximate surface area is 340 Å².